The van der Waals surface area contributed by atoms with Crippen molar-refractivity contribution in [2.45, 2.75) is 6.92 Å². The van der Waals surface area contributed by atoms with Crippen molar-refractivity contribution in [1.29, 1.82) is 0 Å². The zero-order chi connectivity index (χ0) is 9.56. The summed E-state index contributed by atoms with van der Waals surface area (Å²) < 4.78 is 0. The van der Waals surface area contributed by atoms with E-state index in [1.54, 1.807) is 13.0 Å². The molecule has 1 N–H and O–H groups in total. The van der Waals surface area contributed by atoms with Gasteiger partial charge in [0, 0.05) is 7.11 Å². The van der Waals surface area contributed by atoms with Crippen molar-refractivity contribution >= 4 is 17.9 Å². The van der Waals surface area contributed by atoms with E-state index in [0.29, 0.717) is 17.0 Å². The van der Waals surface area contributed by atoms with E-state index in [-0.39, 0.29) is 5.69 Å². The SMILES string of the molecule is CO.Cc1cc(Cl)c(C=O)nn1. The molecule has 0 saturated carbocycles. The van der Waals surface area contributed by atoms with E-state index in [1.807, 2.05) is 0 Å². The molecule has 0 unspecified atom stereocenters. The molecule has 1 heterocycles. The Labute approximate surface area is 75.2 Å². The molecule has 0 aliphatic rings. The molecule has 0 fully saturated rings. The second-order valence-electron chi connectivity index (χ2n) is 1.84. The van der Waals surface area contributed by atoms with Gasteiger partial charge in [0.2, 0.25) is 0 Å². The summed E-state index contributed by atoms with van der Waals surface area (Å²) in [5.74, 6) is 0. The van der Waals surface area contributed by atoms with Crippen LogP contribution in [0.5, 0.6) is 0 Å². The molecule has 5 heteroatoms. The highest BCUT2D eigenvalue weighted by Crippen LogP contribution is 2.10. The molecule has 0 spiro atoms. The van der Waals surface area contributed by atoms with Crippen LogP contribution >= 0.6 is 11.6 Å². The third-order valence-corrected chi connectivity index (χ3v) is 1.31. The number of carbonyl (C=O) groups is 1. The van der Waals surface area contributed by atoms with Gasteiger partial charge in [-0.3, -0.25) is 4.79 Å². The highest BCUT2D eigenvalue weighted by atomic mass is 35.5. The summed E-state index contributed by atoms with van der Waals surface area (Å²) in [7, 11) is 1.00. The molecule has 0 atom stereocenters. The second-order valence-corrected chi connectivity index (χ2v) is 2.24. The Kier molecular flexibility index (Phi) is 5.16. The van der Waals surface area contributed by atoms with Crippen molar-refractivity contribution in [1.82, 2.24) is 10.2 Å². The van der Waals surface area contributed by atoms with Crippen molar-refractivity contribution in [2.75, 3.05) is 7.11 Å². The Balaban J connectivity index is 0.000000561. The molecule has 0 saturated heterocycles. The Morgan fingerprint density at radius 3 is 2.50 bits per heavy atom. The van der Waals surface area contributed by atoms with E-state index in [4.69, 9.17) is 16.7 Å². The van der Waals surface area contributed by atoms with Crippen LogP contribution in [0.2, 0.25) is 5.02 Å². The van der Waals surface area contributed by atoms with Crippen LogP contribution in [0.1, 0.15) is 16.2 Å². The standard InChI is InChI=1S/C6H5ClN2O.CH4O/c1-4-2-5(7)6(3-10)9-8-4;1-2/h2-3H,1H3;2H,1H3. The number of hydrogen-bond acceptors (Lipinski definition) is 4. The fourth-order valence-electron chi connectivity index (χ4n) is 0.547. The van der Waals surface area contributed by atoms with Gasteiger partial charge in [0.25, 0.3) is 0 Å². The van der Waals surface area contributed by atoms with Gasteiger partial charge in [-0.25, -0.2) is 0 Å². The van der Waals surface area contributed by atoms with Gasteiger partial charge < -0.3 is 5.11 Å². The second kappa shape index (κ2) is 5.62. The number of aldehydes is 1. The lowest BCUT2D eigenvalue weighted by Crippen LogP contribution is -1.93. The van der Waals surface area contributed by atoms with Gasteiger partial charge in [-0.1, -0.05) is 11.6 Å². The molecule has 1 aromatic rings. The number of hydrogen-bond donors (Lipinski definition) is 1. The van der Waals surface area contributed by atoms with Crippen LogP contribution in [0.4, 0.5) is 0 Å². The van der Waals surface area contributed by atoms with E-state index >= 15 is 0 Å². The molecule has 66 valence electrons. The van der Waals surface area contributed by atoms with Crippen LogP contribution in [0.25, 0.3) is 0 Å². The van der Waals surface area contributed by atoms with Crippen LogP contribution < -0.4 is 0 Å². The van der Waals surface area contributed by atoms with Crippen molar-refractivity contribution < 1.29 is 9.90 Å². The molecule has 0 aliphatic heterocycles. The average Bonchev–Trinajstić information content (AvgIpc) is 2.08. The third-order valence-electron chi connectivity index (χ3n) is 1.01. The average molecular weight is 189 g/mol. The number of rotatable bonds is 1. The maximum Gasteiger partial charge on any atom is 0.171 e. The fourth-order valence-corrected chi connectivity index (χ4v) is 0.787. The van der Waals surface area contributed by atoms with Crippen molar-refractivity contribution in [3.8, 4) is 0 Å². The molecule has 0 bridgehead atoms. The Morgan fingerprint density at radius 2 is 2.08 bits per heavy atom. The molecular weight excluding hydrogens is 180 g/mol. The van der Waals surface area contributed by atoms with E-state index < -0.39 is 0 Å². The summed E-state index contributed by atoms with van der Waals surface area (Å²) in [4.78, 5) is 10.2. The first-order chi connectivity index (χ1) is 5.74. The fraction of sp³-hybridized carbons (Fsp3) is 0.286. The molecule has 0 aliphatic carbocycles. The lowest BCUT2D eigenvalue weighted by atomic mass is 10.4. The number of halogens is 1. The molecule has 0 radical (unpaired) electrons. The lowest BCUT2D eigenvalue weighted by molar-refractivity contribution is 0.111. The van der Waals surface area contributed by atoms with Gasteiger partial charge >= 0.3 is 0 Å². The van der Waals surface area contributed by atoms with E-state index in [1.165, 1.54) is 0 Å². The summed E-state index contributed by atoms with van der Waals surface area (Å²) in [6.45, 7) is 1.76. The Bertz CT molecular complexity index is 266. The van der Waals surface area contributed by atoms with Crippen LogP contribution in [0.15, 0.2) is 6.07 Å². The van der Waals surface area contributed by atoms with Gasteiger partial charge in [-0.05, 0) is 13.0 Å². The summed E-state index contributed by atoms with van der Waals surface area (Å²) in [5, 5.41) is 14.5. The predicted octanol–water partition coefficient (Wildman–Crippen LogP) is 0.859. The third kappa shape index (κ3) is 2.94. The maximum atomic E-state index is 10.2. The zero-order valence-electron chi connectivity index (χ0n) is 6.78. The van der Waals surface area contributed by atoms with Crippen LogP contribution in [-0.4, -0.2) is 28.7 Å². The van der Waals surface area contributed by atoms with Crippen LogP contribution in [0.3, 0.4) is 0 Å². The molecule has 0 aromatic carbocycles. The number of nitrogens with zero attached hydrogens (tertiary/aromatic N) is 2. The smallest absolute Gasteiger partial charge is 0.171 e. The van der Waals surface area contributed by atoms with Gasteiger partial charge in [-0.15, -0.1) is 5.10 Å². The first-order valence-electron chi connectivity index (χ1n) is 3.14. The highest BCUT2D eigenvalue weighted by molar-refractivity contribution is 6.32. The molecular formula is C7H9ClN2O2. The normalized spacial score (nSPS) is 8.33. The molecule has 12 heavy (non-hydrogen) atoms. The van der Waals surface area contributed by atoms with Crippen molar-refractivity contribution in [2.24, 2.45) is 0 Å². The maximum absolute atomic E-state index is 10.2. The number of aliphatic hydroxyl groups excluding tert-OH is 1. The summed E-state index contributed by atoms with van der Waals surface area (Å²) in [6.07, 6.45) is 0.578. The van der Waals surface area contributed by atoms with Crippen molar-refractivity contribution in [3.63, 3.8) is 0 Å². The minimum atomic E-state index is 0.187. The minimum absolute atomic E-state index is 0.187. The van der Waals surface area contributed by atoms with Gasteiger partial charge in [0.1, 0.15) is 5.69 Å². The lowest BCUT2D eigenvalue weighted by Gasteiger charge is -1.92. The summed E-state index contributed by atoms with van der Waals surface area (Å²) in [6, 6.07) is 1.60. The Hall–Kier alpha value is -1.00. The number of carbonyl (C=O) groups excluding carboxylic acids is 1. The topological polar surface area (TPSA) is 63.1 Å². The monoisotopic (exact) mass is 188 g/mol. The molecule has 4 nitrogen and oxygen atoms in total. The van der Waals surface area contributed by atoms with Crippen molar-refractivity contribution in [3.05, 3.63) is 22.5 Å². The van der Waals surface area contributed by atoms with Gasteiger partial charge in [0.05, 0.1) is 10.7 Å². The van der Waals surface area contributed by atoms with Crippen LogP contribution in [0, 0.1) is 6.92 Å². The van der Waals surface area contributed by atoms with Gasteiger partial charge in [0.15, 0.2) is 6.29 Å². The quantitative estimate of drug-likeness (QED) is 0.664. The number of aromatic nitrogens is 2. The number of aryl methyl sites for hydroxylation is 1. The van der Waals surface area contributed by atoms with E-state index in [9.17, 15) is 4.79 Å². The van der Waals surface area contributed by atoms with E-state index in [2.05, 4.69) is 10.2 Å². The highest BCUT2D eigenvalue weighted by Gasteiger charge is 1.99. The molecule has 1 rings (SSSR count). The predicted molar refractivity (Wildman–Crippen MR) is 45.3 cm³/mol. The Morgan fingerprint density at radius 1 is 1.50 bits per heavy atom. The number of aliphatic hydroxyl groups is 1. The van der Waals surface area contributed by atoms with E-state index in [0.717, 1.165) is 7.11 Å². The molecule has 0 amide bonds. The summed E-state index contributed by atoms with van der Waals surface area (Å²) >= 11 is 5.60. The zero-order valence-corrected chi connectivity index (χ0v) is 7.54. The minimum Gasteiger partial charge on any atom is -0.400 e. The largest absolute Gasteiger partial charge is 0.400 e. The van der Waals surface area contributed by atoms with Gasteiger partial charge in [-0.2, -0.15) is 5.10 Å². The summed E-state index contributed by atoms with van der Waals surface area (Å²) in [5.41, 5.74) is 0.892. The first kappa shape index (κ1) is 11.0. The molecule has 1 aromatic heterocycles. The first-order valence-corrected chi connectivity index (χ1v) is 3.51. The van der Waals surface area contributed by atoms with Crippen LogP contribution in [-0.2, 0) is 0 Å².